The fourth-order valence-corrected chi connectivity index (χ4v) is 1.95. The maximum atomic E-state index is 11.8. The molecule has 0 aliphatic rings. The number of benzene rings is 1. The molecule has 0 atom stereocenters. The van der Waals surface area contributed by atoms with Crippen molar-refractivity contribution in [2.24, 2.45) is 5.41 Å². The summed E-state index contributed by atoms with van der Waals surface area (Å²) in [6.07, 6.45) is 0. The van der Waals surface area contributed by atoms with Crippen molar-refractivity contribution in [2.45, 2.75) is 41.2 Å². The average molecular weight is 290 g/mol. The molecule has 0 saturated carbocycles. The molecule has 0 bridgehead atoms. The molecule has 0 aliphatic carbocycles. The Bertz CT molecular complexity index is 504. The lowest BCUT2D eigenvalue weighted by Gasteiger charge is -2.23. The molecular formula is C17H26N2O2. The predicted molar refractivity (Wildman–Crippen MR) is 84.7 cm³/mol. The molecule has 1 aromatic rings. The number of nitrogens with one attached hydrogen (secondary N) is 1. The second-order valence-electron chi connectivity index (χ2n) is 6.44. The van der Waals surface area contributed by atoms with Crippen molar-refractivity contribution < 1.29 is 9.59 Å². The zero-order chi connectivity index (χ0) is 16.0. The number of amides is 2. The number of carbonyl (C=O) groups excluding carboxylic acids is 2. The number of aryl methyl sites for hydroxylation is 1. The van der Waals surface area contributed by atoms with Gasteiger partial charge < -0.3 is 10.2 Å². The van der Waals surface area contributed by atoms with Crippen LogP contribution in [0.15, 0.2) is 24.3 Å². The second kappa shape index (κ2) is 7.25. The van der Waals surface area contributed by atoms with Crippen LogP contribution < -0.4 is 5.32 Å². The van der Waals surface area contributed by atoms with E-state index in [2.05, 4.69) is 11.4 Å². The lowest BCUT2D eigenvalue weighted by atomic mass is 9.96. The maximum absolute atomic E-state index is 11.8. The molecule has 0 fully saturated rings. The van der Waals surface area contributed by atoms with Gasteiger partial charge in [0, 0.05) is 32.0 Å². The van der Waals surface area contributed by atoms with Crippen molar-refractivity contribution in [2.75, 3.05) is 13.1 Å². The van der Waals surface area contributed by atoms with Crippen LogP contribution in [0.2, 0.25) is 0 Å². The number of nitrogens with zero attached hydrogens (tertiary/aromatic N) is 1. The molecule has 1 N–H and O–H groups in total. The standard InChI is InChI=1S/C17H26N2O2/c1-13-7-6-8-15(11-13)12-19(14(2)20)10-9-18-16(21)17(3,4)5/h6-8,11H,9-10,12H2,1-5H3,(H,18,21). The SMILES string of the molecule is CC(=O)N(CCNC(=O)C(C)(C)C)Cc1cccc(C)c1. The summed E-state index contributed by atoms with van der Waals surface area (Å²) < 4.78 is 0. The lowest BCUT2D eigenvalue weighted by molar-refractivity contribution is -0.131. The van der Waals surface area contributed by atoms with Crippen molar-refractivity contribution >= 4 is 11.8 Å². The molecule has 0 heterocycles. The van der Waals surface area contributed by atoms with E-state index in [1.54, 1.807) is 11.8 Å². The summed E-state index contributed by atoms with van der Waals surface area (Å²) in [6, 6.07) is 8.11. The van der Waals surface area contributed by atoms with Crippen LogP contribution in [0.4, 0.5) is 0 Å². The van der Waals surface area contributed by atoms with Crippen molar-refractivity contribution in [1.82, 2.24) is 10.2 Å². The molecule has 4 heteroatoms. The van der Waals surface area contributed by atoms with Gasteiger partial charge in [-0.1, -0.05) is 50.6 Å². The molecule has 0 unspecified atom stereocenters. The van der Waals surface area contributed by atoms with Crippen LogP contribution in [-0.2, 0) is 16.1 Å². The topological polar surface area (TPSA) is 49.4 Å². The first kappa shape index (κ1) is 17.2. The Hall–Kier alpha value is -1.84. The van der Waals surface area contributed by atoms with Gasteiger partial charge in [0.1, 0.15) is 0 Å². The van der Waals surface area contributed by atoms with Gasteiger partial charge in [-0.3, -0.25) is 9.59 Å². The number of hydrogen-bond acceptors (Lipinski definition) is 2. The minimum atomic E-state index is -0.405. The quantitative estimate of drug-likeness (QED) is 0.906. The van der Waals surface area contributed by atoms with E-state index in [0.717, 1.165) is 5.56 Å². The molecule has 116 valence electrons. The van der Waals surface area contributed by atoms with Crippen LogP contribution in [0.25, 0.3) is 0 Å². The van der Waals surface area contributed by atoms with Gasteiger partial charge in [-0.15, -0.1) is 0 Å². The Kier molecular flexibility index (Phi) is 5.94. The van der Waals surface area contributed by atoms with E-state index in [-0.39, 0.29) is 11.8 Å². The number of hydrogen-bond donors (Lipinski definition) is 1. The molecule has 0 radical (unpaired) electrons. The minimum Gasteiger partial charge on any atom is -0.354 e. The number of rotatable bonds is 5. The Balaban J connectivity index is 2.55. The highest BCUT2D eigenvalue weighted by Gasteiger charge is 2.20. The fourth-order valence-electron chi connectivity index (χ4n) is 1.95. The van der Waals surface area contributed by atoms with Crippen LogP contribution in [-0.4, -0.2) is 29.8 Å². The molecule has 0 spiro atoms. The molecule has 0 aliphatic heterocycles. The van der Waals surface area contributed by atoms with Crippen LogP contribution in [0, 0.1) is 12.3 Å². The predicted octanol–water partition coefficient (Wildman–Crippen LogP) is 2.51. The van der Waals surface area contributed by atoms with Gasteiger partial charge in [0.05, 0.1) is 0 Å². The summed E-state index contributed by atoms with van der Waals surface area (Å²) in [5, 5.41) is 2.87. The van der Waals surface area contributed by atoms with Crippen molar-refractivity contribution in [3.63, 3.8) is 0 Å². The van der Waals surface area contributed by atoms with Gasteiger partial charge in [-0.05, 0) is 12.5 Å². The molecule has 1 rings (SSSR count). The van der Waals surface area contributed by atoms with E-state index in [9.17, 15) is 9.59 Å². The van der Waals surface area contributed by atoms with Gasteiger partial charge in [-0.25, -0.2) is 0 Å². The Morgan fingerprint density at radius 1 is 1.24 bits per heavy atom. The first-order valence-corrected chi connectivity index (χ1v) is 7.29. The fraction of sp³-hybridized carbons (Fsp3) is 0.529. The molecule has 1 aromatic carbocycles. The first-order valence-electron chi connectivity index (χ1n) is 7.29. The highest BCUT2D eigenvalue weighted by atomic mass is 16.2. The highest BCUT2D eigenvalue weighted by Crippen LogP contribution is 2.12. The van der Waals surface area contributed by atoms with Crippen LogP contribution in [0.5, 0.6) is 0 Å². The van der Waals surface area contributed by atoms with Gasteiger partial charge in [0.2, 0.25) is 11.8 Å². The summed E-state index contributed by atoms with van der Waals surface area (Å²) in [7, 11) is 0. The van der Waals surface area contributed by atoms with E-state index in [1.165, 1.54) is 5.56 Å². The van der Waals surface area contributed by atoms with Crippen LogP contribution >= 0.6 is 0 Å². The normalized spacial score (nSPS) is 11.1. The first-order chi connectivity index (χ1) is 9.70. The molecular weight excluding hydrogens is 264 g/mol. The summed E-state index contributed by atoms with van der Waals surface area (Å²) in [5.41, 5.74) is 1.88. The molecule has 2 amide bonds. The monoisotopic (exact) mass is 290 g/mol. The average Bonchev–Trinajstić information content (AvgIpc) is 2.36. The van der Waals surface area contributed by atoms with Crippen molar-refractivity contribution in [3.8, 4) is 0 Å². The Morgan fingerprint density at radius 2 is 1.90 bits per heavy atom. The van der Waals surface area contributed by atoms with Crippen molar-refractivity contribution in [1.29, 1.82) is 0 Å². The summed E-state index contributed by atoms with van der Waals surface area (Å²) in [5.74, 6) is 0.0167. The minimum absolute atomic E-state index is 0.00144. The molecule has 4 nitrogen and oxygen atoms in total. The van der Waals surface area contributed by atoms with E-state index >= 15 is 0 Å². The largest absolute Gasteiger partial charge is 0.354 e. The maximum Gasteiger partial charge on any atom is 0.225 e. The Labute approximate surface area is 127 Å². The van der Waals surface area contributed by atoms with E-state index < -0.39 is 5.41 Å². The zero-order valence-electron chi connectivity index (χ0n) is 13.7. The smallest absolute Gasteiger partial charge is 0.225 e. The van der Waals surface area contributed by atoms with Gasteiger partial charge in [0.15, 0.2) is 0 Å². The number of carbonyl (C=O) groups is 2. The lowest BCUT2D eigenvalue weighted by Crippen LogP contribution is -2.41. The van der Waals surface area contributed by atoms with Gasteiger partial charge in [-0.2, -0.15) is 0 Å². The van der Waals surface area contributed by atoms with E-state index in [1.807, 2.05) is 45.9 Å². The van der Waals surface area contributed by atoms with E-state index in [4.69, 9.17) is 0 Å². The molecule has 0 saturated heterocycles. The highest BCUT2D eigenvalue weighted by molar-refractivity contribution is 5.81. The van der Waals surface area contributed by atoms with Gasteiger partial charge >= 0.3 is 0 Å². The van der Waals surface area contributed by atoms with Crippen LogP contribution in [0.3, 0.4) is 0 Å². The zero-order valence-corrected chi connectivity index (χ0v) is 13.7. The van der Waals surface area contributed by atoms with Crippen molar-refractivity contribution in [3.05, 3.63) is 35.4 Å². The summed E-state index contributed by atoms with van der Waals surface area (Å²) in [6.45, 7) is 10.8. The third kappa shape index (κ3) is 5.98. The third-order valence-electron chi connectivity index (χ3n) is 3.25. The van der Waals surface area contributed by atoms with E-state index in [0.29, 0.717) is 19.6 Å². The third-order valence-corrected chi connectivity index (χ3v) is 3.25. The summed E-state index contributed by atoms with van der Waals surface area (Å²) >= 11 is 0. The van der Waals surface area contributed by atoms with Crippen LogP contribution in [0.1, 0.15) is 38.8 Å². The second-order valence-corrected chi connectivity index (χ2v) is 6.44. The Morgan fingerprint density at radius 3 is 2.43 bits per heavy atom. The molecule has 21 heavy (non-hydrogen) atoms. The van der Waals surface area contributed by atoms with Gasteiger partial charge in [0.25, 0.3) is 0 Å². The summed E-state index contributed by atoms with van der Waals surface area (Å²) in [4.78, 5) is 25.3. The molecule has 0 aromatic heterocycles.